The fraction of sp³-hybridized carbons (Fsp3) is 0.129. The summed E-state index contributed by atoms with van der Waals surface area (Å²) in [5, 5.41) is 1.74. The van der Waals surface area contributed by atoms with Crippen molar-refractivity contribution in [3.05, 3.63) is 129 Å². The summed E-state index contributed by atoms with van der Waals surface area (Å²) in [6.45, 7) is 4.09. The first-order valence-electron chi connectivity index (χ1n) is 11.8. The van der Waals surface area contributed by atoms with Gasteiger partial charge in [0.2, 0.25) is 0 Å². The predicted octanol–water partition coefficient (Wildman–Crippen LogP) is 7.00. The third-order valence-corrected chi connectivity index (χ3v) is 7.63. The number of ketones is 2. The van der Waals surface area contributed by atoms with Gasteiger partial charge in [-0.05, 0) is 42.2 Å². The summed E-state index contributed by atoms with van der Waals surface area (Å²) >= 11 is 1.69. The number of rotatable bonds is 2. The van der Waals surface area contributed by atoms with E-state index in [0.29, 0.717) is 22.3 Å². The van der Waals surface area contributed by atoms with Crippen LogP contribution < -0.4 is 5.43 Å². The maximum absolute atomic E-state index is 12.5. The van der Waals surface area contributed by atoms with Gasteiger partial charge >= 0.3 is 0 Å². The van der Waals surface area contributed by atoms with Gasteiger partial charge in [-0.3, -0.25) is 14.4 Å². The second-order valence-corrected chi connectivity index (χ2v) is 9.55. The zero-order valence-electron chi connectivity index (χ0n) is 19.6. The molecular formula is C31H24O3S. The molecule has 3 nitrogen and oxygen atoms in total. The Labute approximate surface area is 207 Å². The molecule has 172 valence electrons. The standard InChI is InChI=1S/C16H12O2.C15H12OS/c1-2-10-6-5-9-13-14(10)16(18)12-8-4-3-7-11(12)15(13)17;1-2-10-6-5-9-13-14(10)15(16)11-7-3-4-8-12(11)17-13/h3-9H,2H2,1H3;3-9H,2H2,1H3. The van der Waals surface area contributed by atoms with Gasteiger partial charge in [0.05, 0.1) is 0 Å². The Balaban J connectivity index is 0.000000145. The van der Waals surface area contributed by atoms with Crippen molar-refractivity contribution in [2.45, 2.75) is 26.7 Å². The largest absolute Gasteiger partial charge is 0.289 e. The first-order chi connectivity index (χ1) is 17.0. The topological polar surface area (TPSA) is 51.2 Å². The molecule has 5 aromatic rings. The molecule has 0 radical (unpaired) electrons. The molecule has 6 rings (SSSR count). The molecule has 0 saturated carbocycles. The van der Waals surface area contributed by atoms with E-state index in [1.807, 2.05) is 61.5 Å². The third kappa shape index (κ3) is 3.90. The molecule has 1 heterocycles. The number of hydrogen-bond donors (Lipinski definition) is 0. The van der Waals surface area contributed by atoms with Gasteiger partial charge < -0.3 is 0 Å². The van der Waals surface area contributed by atoms with Crippen LogP contribution in [0.5, 0.6) is 0 Å². The highest BCUT2D eigenvalue weighted by atomic mass is 32.1. The van der Waals surface area contributed by atoms with Gasteiger partial charge in [0.1, 0.15) is 0 Å². The SMILES string of the molecule is CCc1cccc2c1C(=O)c1ccccc1C2=O.CCc1cccc2sc3ccccc3c(=O)c12. The molecule has 1 aliphatic rings. The molecule has 0 fully saturated rings. The Morgan fingerprint density at radius 1 is 0.571 bits per heavy atom. The molecule has 1 aliphatic carbocycles. The lowest BCUT2D eigenvalue weighted by Gasteiger charge is -2.19. The Hall–Kier alpha value is -3.89. The minimum Gasteiger partial charge on any atom is -0.289 e. The molecule has 0 unspecified atom stereocenters. The zero-order valence-corrected chi connectivity index (χ0v) is 20.4. The summed E-state index contributed by atoms with van der Waals surface area (Å²) in [7, 11) is 0. The highest BCUT2D eigenvalue weighted by Gasteiger charge is 2.30. The Morgan fingerprint density at radius 2 is 1.14 bits per heavy atom. The van der Waals surface area contributed by atoms with Crippen LogP contribution in [0.3, 0.4) is 0 Å². The Morgan fingerprint density at radius 3 is 1.89 bits per heavy atom. The molecular weight excluding hydrogens is 452 g/mol. The van der Waals surface area contributed by atoms with Crippen molar-refractivity contribution in [3.63, 3.8) is 0 Å². The van der Waals surface area contributed by atoms with Gasteiger partial charge in [0.25, 0.3) is 0 Å². The van der Waals surface area contributed by atoms with Gasteiger partial charge in [-0.25, -0.2) is 0 Å². The van der Waals surface area contributed by atoms with Crippen molar-refractivity contribution < 1.29 is 9.59 Å². The van der Waals surface area contributed by atoms with E-state index in [2.05, 4.69) is 6.92 Å². The smallest absolute Gasteiger partial charge is 0.196 e. The van der Waals surface area contributed by atoms with Gasteiger partial charge in [-0.1, -0.05) is 80.6 Å². The molecule has 0 atom stereocenters. The van der Waals surface area contributed by atoms with E-state index >= 15 is 0 Å². The van der Waals surface area contributed by atoms with Crippen LogP contribution >= 0.6 is 11.3 Å². The second-order valence-electron chi connectivity index (χ2n) is 8.47. The van der Waals surface area contributed by atoms with Crippen molar-refractivity contribution in [1.29, 1.82) is 0 Å². The molecule has 0 N–H and O–H groups in total. The summed E-state index contributed by atoms with van der Waals surface area (Å²) in [5.74, 6) is -0.0758. The Kier molecular flexibility index (Phi) is 6.14. The maximum Gasteiger partial charge on any atom is 0.196 e. The molecule has 4 aromatic carbocycles. The molecule has 1 aromatic heterocycles. The van der Waals surface area contributed by atoms with E-state index in [-0.39, 0.29) is 17.0 Å². The van der Waals surface area contributed by atoms with Crippen LogP contribution in [-0.4, -0.2) is 11.6 Å². The van der Waals surface area contributed by atoms with E-state index in [9.17, 15) is 14.4 Å². The monoisotopic (exact) mass is 476 g/mol. The number of benzene rings is 4. The average molecular weight is 477 g/mol. The van der Waals surface area contributed by atoms with Crippen LogP contribution in [0.1, 0.15) is 56.8 Å². The summed E-state index contributed by atoms with van der Waals surface area (Å²) < 4.78 is 2.16. The van der Waals surface area contributed by atoms with Crippen LogP contribution in [0, 0.1) is 0 Å². The highest BCUT2D eigenvalue weighted by molar-refractivity contribution is 7.24. The molecule has 0 aliphatic heterocycles. The van der Waals surface area contributed by atoms with Gasteiger partial charge in [-0.2, -0.15) is 0 Å². The number of hydrogen-bond acceptors (Lipinski definition) is 4. The normalized spacial score (nSPS) is 12.2. The van der Waals surface area contributed by atoms with Gasteiger partial charge in [-0.15, -0.1) is 11.3 Å². The fourth-order valence-electron chi connectivity index (χ4n) is 4.72. The molecule has 35 heavy (non-hydrogen) atoms. The van der Waals surface area contributed by atoms with Gasteiger partial charge in [0.15, 0.2) is 17.0 Å². The summed E-state index contributed by atoms with van der Waals surface area (Å²) in [6.07, 6.45) is 1.65. The Bertz CT molecular complexity index is 1680. The van der Waals surface area contributed by atoms with Crippen molar-refractivity contribution >= 4 is 43.1 Å². The molecule has 0 saturated heterocycles. The molecule has 0 spiro atoms. The number of carbonyl (C=O) groups is 2. The lowest BCUT2D eigenvalue weighted by Crippen LogP contribution is -2.22. The minimum atomic E-state index is -0.0458. The van der Waals surface area contributed by atoms with Crippen LogP contribution in [0.25, 0.3) is 20.2 Å². The van der Waals surface area contributed by atoms with E-state index in [0.717, 1.165) is 44.1 Å². The summed E-state index contributed by atoms with van der Waals surface area (Å²) in [6, 6.07) is 26.5. The highest BCUT2D eigenvalue weighted by Crippen LogP contribution is 2.29. The maximum atomic E-state index is 12.5. The van der Waals surface area contributed by atoms with E-state index in [1.165, 1.54) is 0 Å². The van der Waals surface area contributed by atoms with Crippen LogP contribution in [0.4, 0.5) is 0 Å². The first kappa shape index (κ1) is 22.9. The van der Waals surface area contributed by atoms with Crippen LogP contribution in [0.15, 0.2) is 89.7 Å². The number of aryl methyl sites for hydroxylation is 2. The predicted molar refractivity (Wildman–Crippen MR) is 144 cm³/mol. The van der Waals surface area contributed by atoms with Crippen molar-refractivity contribution in [1.82, 2.24) is 0 Å². The van der Waals surface area contributed by atoms with E-state index in [4.69, 9.17) is 0 Å². The molecule has 0 bridgehead atoms. The van der Waals surface area contributed by atoms with Crippen molar-refractivity contribution in [2.75, 3.05) is 0 Å². The fourth-order valence-corrected chi connectivity index (χ4v) is 5.85. The van der Waals surface area contributed by atoms with Crippen molar-refractivity contribution in [2.24, 2.45) is 0 Å². The molecule has 0 amide bonds. The lowest BCUT2D eigenvalue weighted by atomic mass is 9.81. The molecule has 4 heteroatoms. The van der Waals surface area contributed by atoms with Crippen LogP contribution in [-0.2, 0) is 12.8 Å². The summed E-state index contributed by atoms with van der Waals surface area (Å²) in [5.41, 5.74) is 4.43. The zero-order chi connectivity index (χ0) is 24.5. The van der Waals surface area contributed by atoms with E-state index in [1.54, 1.807) is 41.7 Å². The van der Waals surface area contributed by atoms with Gasteiger partial charge in [0, 0.05) is 42.4 Å². The number of carbonyl (C=O) groups excluding carboxylic acids is 2. The quantitative estimate of drug-likeness (QED) is 0.253. The lowest BCUT2D eigenvalue weighted by molar-refractivity contribution is 0.0978. The second kappa shape index (κ2) is 9.40. The van der Waals surface area contributed by atoms with E-state index < -0.39 is 0 Å². The van der Waals surface area contributed by atoms with Crippen LogP contribution in [0.2, 0.25) is 0 Å². The third-order valence-electron chi connectivity index (χ3n) is 6.49. The summed E-state index contributed by atoms with van der Waals surface area (Å²) in [4.78, 5) is 37.3. The average Bonchev–Trinajstić information content (AvgIpc) is 2.91. The minimum absolute atomic E-state index is 0.0300. The first-order valence-corrected chi connectivity index (χ1v) is 12.6. The number of fused-ring (bicyclic) bond motifs is 4. The van der Waals surface area contributed by atoms with Crippen molar-refractivity contribution in [3.8, 4) is 0 Å².